The van der Waals surface area contributed by atoms with Crippen LogP contribution in [-0.4, -0.2) is 16.4 Å². The maximum absolute atomic E-state index is 6.54. The summed E-state index contributed by atoms with van der Waals surface area (Å²) < 4.78 is 6.54. The summed E-state index contributed by atoms with van der Waals surface area (Å²) in [5.41, 5.74) is 4.27. The Labute approximate surface area is 159 Å². The van der Waals surface area contributed by atoms with Crippen molar-refractivity contribution in [3.8, 4) is 5.75 Å². The second-order valence-electron chi connectivity index (χ2n) is 7.45. The quantitative estimate of drug-likeness (QED) is 0.647. The largest absolute Gasteiger partial charge is 0.466 e. The number of nitrogens with zero attached hydrogens (tertiary/aromatic N) is 2. The molecule has 27 heavy (non-hydrogen) atoms. The van der Waals surface area contributed by atoms with Gasteiger partial charge in [-0.05, 0) is 24.1 Å². The van der Waals surface area contributed by atoms with Gasteiger partial charge in [-0.25, -0.2) is 5.01 Å². The molecule has 5 rings (SSSR count). The van der Waals surface area contributed by atoms with Gasteiger partial charge >= 0.3 is 0 Å². The van der Waals surface area contributed by atoms with E-state index in [4.69, 9.17) is 9.84 Å². The van der Waals surface area contributed by atoms with Gasteiger partial charge in [-0.3, -0.25) is 0 Å². The summed E-state index contributed by atoms with van der Waals surface area (Å²) in [7, 11) is 0. The molecule has 2 aliphatic rings. The Balaban J connectivity index is 1.58. The summed E-state index contributed by atoms with van der Waals surface area (Å²) in [6.07, 6.45) is 1.68. The van der Waals surface area contributed by atoms with E-state index in [1.54, 1.807) is 0 Å². The van der Waals surface area contributed by atoms with Gasteiger partial charge in [0.2, 0.25) is 0 Å². The van der Waals surface area contributed by atoms with Gasteiger partial charge in [-0.15, -0.1) is 0 Å². The van der Waals surface area contributed by atoms with Crippen LogP contribution in [0.4, 0.5) is 0 Å². The van der Waals surface area contributed by atoms with Crippen LogP contribution in [0.25, 0.3) is 0 Å². The van der Waals surface area contributed by atoms with Crippen molar-refractivity contribution in [2.45, 2.75) is 31.5 Å². The van der Waals surface area contributed by atoms with E-state index >= 15 is 0 Å². The Bertz CT molecular complexity index is 984. The zero-order chi connectivity index (χ0) is 18.3. The molecule has 0 radical (unpaired) electrons. The summed E-state index contributed by atoms with van der Waals surface area (Å²) >= 11 is 0. The van der Waals surface area contributed by atoms with Crippen LogP contribution in [0.5, 0.6) is 5.75 Å². The molecule has 3 heteroatoms. The van der Waals surface area contributed by atoms with Crippen molar-refractivity contribution in [3.05, 3.63) is 102 Å². The van der Waals surface area contributed by atoms with Gasteiger partial charge in [-0.1, -0.05) is 78.9 Å². The number of rotatable bonds is 3. The fraction of sp³-hybridized carbons (Fsp3) is 0.208. The fourth-order valence-corrected chi connectivity index (χ4v) is 4.22. The summed E-state index contributed by atoms with van der Waals surface area (Å²) in [6.45, 7) is 2.15. The highest BCUT2D eigenvalue weighted by molar-refractivity contribution is 6.01. The van der Waals surface area contributed by atoms with Crippen LogP contribution in [0.1, 0.15) is 36.1 Å². The van der Waals surface area contributed by atoms with Crippen LogP contribution in [0, 0.1) is 0 Å². The predicted octanol–water partition coefficient (Wildman–Crippen LogP) is 5.19. The average molecular weight is 354 g/mol. The third kappa shape index (κ3) is 2.80. The van der Waals surface area contributed by atoms with E-state index in [2.05, 4.69) is 78.7 Å². The van der Waals surface area contributed by atoms with Crippen molar-refractivity contribution in [2.75, 3.05) is 0 Å². The molecule has 2 heterocycles. The lowest BCUT2D eigenvalue weighted by atomic mass is 9.93. The fourth-order valence-electron chi connectivity index (χ4n) is 4.22. The van der Waals surface area contributed by atoms with Crippen molar-refractivity contribution in [1.29, 1.82) is 0 Å². The van der Waals surface area contributed by atoms with E-state index < -0.39 is 5.72 Å². The first-order chi connectivity index (χ1) is 13.2. The van der Waals surface area contributed by atoms with Crippen LogP contribution < -0.4 is 4.74 Å². The topological polar surface area (TPSA) is 24.8 Å². The number of benzene rings is 3. The highest BCUT2D eigenvalue weighted by Gasteiger charge is 2.47. The van der Waals surface area contributed by atoms with E-state index in [0.717, 1.165) is 24.3 Å². The van der Waals surface area contributed by atoms with Crippen LogP contribution in [0.3, 0.4) is 0 Å². The minimum Gasteiger partial charge on any atom is -0.466 e. The zero-order valence-electron chi connectivity index (χ0n) is 15.4. The van der Waals surface area contributed by atoms with Crippen LogP contribution in [-0.2, 0) is 6.42 Å². The third-order valence-corrected chi connectivity index (χ3v) is 5.48. The second kappa shape index (κ2) is 6.27. The molecule has 3 nitrogen and oxygen atoms in total. The number of ether oxygens (including phenoxy) is 1. The molecule has 0 spiro atoms. The number of hydrogen-bond donors (Lipinski definition) is 0. The molecule has 0 unspecified atom stereocenters. The summed E-state index contributed by atoms with van der Waals surface area (Å²) in [4.78, 5) is 0. The van der Waals surface area contributed by atoms with E-state index in [1.807, 2.05) is 18.2 Å². The molecule has 3 aromatic carbocycles. The van der Waals surface area contributed by atoms with E-state index in [-0.39, 0.29) is 6.04 Å². The minimum atomic E-state index is -0.517. The summed E-state index contributed by atoms with van der Waals surface area (Å²) in [5, 5.41) is 7.24. The lowest BCUT2D eigenvalue weighted by molar-refractivity contribution is -0.105. The Morgan fingerprint density at radius 1 is 0.926 bits per heavy atom. The second-order valence-corrected chi connectivity index (χ2v) is 7.45. The molecule has 0 N–H and O–H groups in total. The SMILES string of the molecule is C[C@]1(Cc2ccccc2)Oc2ccccc2[C@H]2CC(c3ccccc3)=NN21. The highest BCUT2D eigenvalue weighted by Crippen LogP contribution is 2.47. The molecule has 0 saturated carbocycles. The Hall–Kier alpha value is -3.07. The molecule has 2 atom stereocenters. The summed E-state index contributed by atoms with van der Waals surface area (Å²) in [5.74, 6) is 0.974. The van der Waals surface area contributed by atoms with Crippen LogP contribution >= 0.6 is 0 Å². The van der Waals surface area contributed by atoms with E-state index in [9.17, 15) is 0 Å². The zero-order valence-corrected chi connectivity index (χ0v) is 15.4. The Morgan fingerprint density at radius 2 is 1.59 bits per heavy atom. The molecule has 2 aliphatic heterocycles. The van der Waals surface area contributed by atoms with Gasteiger partial charge in [0.1, 0.15) is 5.75 Å². The molecule has 0 bridgehead atoms. The molecular weight excluding hydrogens is 332 g/mol. The minimum absolute atomic E-state index is 0.207. The molecule has 0 saturated heterocycles. The maximum atomic E-state index is 6.54. The van der Waals surface area contributed by atoms with E-state index in [1.165, 1.54) is 16.7 Å². The number of fused-ring (bicyclic) bond motifs is 3. The smallest absolute Gasteiger partial charge is 0.199 e. The summed E-state index contributed by atoms with van der Waals surface area (Å²) in [6, 6.07) is 29.6. The van der Waals surface area contributed by atoms with Crippen LogP contribution in [0.15, 0.2) is 90.0 Å². The molecule has 134 valence electrons. The molecule has 0 aliphatic carbocycles. The van der Waals surface area contributed by atoms with Crippen molar-refractivity contribution in [1.82, 2.24) is 5.01 Å². The van der Waals surface area contributed by atoms with Gasteiger partial charge in [0.05, 0.1) is 11.8 Å². The molecule has 0 amide bonds. The normalized spacial score (nSPS) is 23.2. The monoisotopic (exact) mass is 354 g/mol. The Morgan fingerprint density at radius 3 is 2.37 bits per heavy atom. The first-order valence-electron chi connectivity index (χ1n) is 9.47. The number of para-hydroxylation sites is 1. The van der Waals surface area contributed by atoms with E-state index in [0.29, 0.717) is 0 Å². The molecule has 0 aromatic heterocycles. The van der Waals surface area contributed by atoms with Crippen LogP contribution in [0.2, 0.25) is 0 Å². The van der Waals surface area contributed by atoms with Crippen molar-refractivity contribution >= 4 is 5.71 Å². The highest BCUT2D eigenvalue weighted by atomic mass is 16.5. The van der Waals surface area contributed by atoms with Crippen molar-refractivity contribution in [2.24, 2.45) is 5.10 Å². The maximum Gasteiger partial charge on any atom is 0.199 e. The Kier molecular flexibility index (Phi) is 3.75. The van der Waals surface area contributed by atoms with Crippen molar-refractivity contribution in [3.63, 3.8) is 0 Å². The molecular formula is C24H22N2O. The standard InChI is InChI=1S/C24H22N2O/c1-24(17-18-10-4-2-5-11-18)26-22(20-14-8-9-15-23(20)27-24)16-21(25-26)19-12-6-3-7-13-19/h2-15,22H,16-17H2,1H3/t22-,24-/m1/s1. The molecule has 3 aromatic rings. The lowest BCUT2D eigenvalue weighted by Gasteiger charge is -2.46. The van der Waals surface area contributed by atoms with Gasteiger partial charge in [0.15, 0.2) is 5.72 Å². The number of hydrazone groups is 1. The predicted molar refractivity (Wildman–Crippen MR) is 108 cm³/mol. The lowest BCUT2D eigenvalue weighted by Crippen LogP contribution is -2.52. The van der Waals surface area contributed by atoms with Gasteiger partial charge in [0.25, 0.3) is 0 Å². The first kappa shape index (κ1) is 16.1. The van der Waals surface area contributed by atoms with Gasteiger partial charge in [-0.2, -0.15) is 5.10 Å². The average Bonchev–Trinajstić information content (AvgIpc) is 3.16. The first-order valence-corrected chi connectivity index (χ1v) is 9.47. The van der Waals surface area contributed by atoms with Gasteiger partial charge in [0, 0.05) is 18.4 Å². The third-order valence-electron chi connectivity index (χ3n) is 5.48. The number of hydrogen-bond acceptors (Lipinski definition) is 3. The molecule has 0 fully saturated rings. The van der Waals surface area contributed by atoms with Gasteiger partial charge < -0.3 is 4.74 Å². The van der Waals surface area contributed by atoms with Crippen molar-refractivity contribution < 1.29 is 4.74 Å².